The fraction of sp³-hybridized carbons (Fsp3) is 0.300. The van der Waals surface area contributed by atoms with E-state index in [-0.39, 0.29) is 12.1 Å². The molecule has 0 bridgehead atoms. The molecule has 1 aliphatic rings. The van der Waals surface area contributed by atoms with Gasteiger partial charge in [0.2, 0.25) is 0 Å². The zero-order chi connectivity index (χ0) is 9.97. The molecule has 1 fully saturated rings. The lowest BCUT2D eigenvalue weighted by Gasteiger charge is -2.23. The van der Waals surface area contributed by atoms with Crippen molar-refractivity contribution in [2.24, 2.45) is 0 Å². The molecule has 0 saturated carbocycles. The Kier molecular flexibility index (Phi) is 2.72. The topological polar surface area (TPSA) is 38.3 Å². The third-order valence-corrected chi connectivity index (χ3v) is 2.73. The van der Waals surface area contributed by atoms with Gasteiger partial charge < -0.3 is 10.1 Å². The highest BCUT2D eigenvalue weighted by Crippen LogP contribution is 2.21. The normalized spacial score (nSPS) is 21.2. The number of nitrogens with one attached hydrogen (secondary N) is 1. The SMILES string of the molecule is O=C1N[C@@H](c2ccc(Br)cc2)CCO1. The molecular weight excluding hydrogens is 246 g/mol. The van der Waals surface area contributed by atoms with Crippen LogP contribution < -0.4 is 5.32 Å². The number of cyclic esters (lactones) is 1. The Hall–Kier alpha value is -1.03. The summed E-state index contributed by atoms with van der Waals surface area (Å²) >= 11 is 3.37. The van der Waals surface area contributed by atoms with Crippen LogP contribution in [-0.2, 0) is 4.74 Å². The van der Waals surface area contributed by atoms with Crippen LogP contribution in [0.4, 0.5) is 4.79 Å². The van der Waals surface area contributed by atoms with Crippen molar-refractivity contribution < 1.29 is 9.53 Å². The van der Waals surface area contributed by atoms with Crippen LogP contribution in [0.15, 0.2) is 28.7 Å². The maximum Gasteiger partial charge on any atom is 0.407 e. The van der Waals surface area contributed by atoms with Gasteiger partial charge in [0.15, 0.2) is 0 Å². The predicted molar refractivity (Wildman–Crippen MR) is 56.0 cm³/mol. The van der Waals surface area contributed by atoms with Gasteiger partial charge in [-0.15, -0.1) is 0 Å². The zero-order valence-corrected chi connectivity index (χ0v) is 9.08. The molecule has 0 aromatic heterocycles. The van der Waals surface area contributed by atoms with E-state index in [0.29, 0.717) is 6.61 Å². The second-order valence-corrected chi connectivity index (χ2v) is 4.09. The molecule has 1 aliphatic heterocycles. The molecule has 1 aromatic rings. The molecule has 4 heteroatoms. The maximum absolute atomic E-state index is 11.0. The molecular formula is C10H10BrNO2. The molecule has 1 atom stereocenters. The van der Waals surface area contributed by atoms with Crippen molar-refractivity contribution in [1.29, 1.82) is 0 Å². The van der Waals surface area contributed by atoms with Crippen molar-refractivity contribution in [2.45, 2.75) is 12.5 Å². The summed E-state index contributed by atoms with van der Waals surface area (Å²) in [6, 6.07) is 8.03. The summed E-state index contributed by atoms with van der Waals surface area (Å²) in [5, 5.41) is 2.78. The van der Waals surface area contributed by atoms with Gasteiger partial charge >= 0.3 is 6.09 Å². The van der Waals surface area contributed by atoms with Gasteiger partial charge in [-0.05, 0) is 17.7 Å². The lowest BCUT2D eigenvalue weighted by Crippen LogP contribution is -2.35. The van der Waals surface area contributed by atoms with Crippen molar-refractivity contribution in [3.05, 3.63) is 34.3 Å². The summed E-state index contributed by atoms with van der Waals surface area (Å²) in [7, 11) is 0. The number of amides is 1. The number of hydrogen-bond acceptors (Lipinski definition) is 2. The zero-order valence-electron chi connectivity index (χ0n) is 7.50. The van der Waals surface area contributed by atoms with E-state index in [1.54, 1.807) is 0 Å². The molecule has 1 amide bonds. The minimum absolute atomic E-state index is 0.0874. The molecule has 1 heterocycles. The van der Waals surface area contributed by atoms with Gasteiger partial charge in [0.05, 0.1) is 12.6 Å². The Morgan fingerprint density at radius 2 is 2.07 bits per heavy atom. The average Bonchev–Trinajstić information content (AvgIpc) is 2.19. The highest BCUT2D eigenvalue weighted by atomic mass is 79.9. The quantitative estimate of drug-likeness (QED) is 0.838. The summed E-state index contributed by atoms with van der Waals surface area (Å²) in [6.45, 7) is 0.493. The first kappa shape index (κ1) is 9.52. The number of carbonyl (C=O) groups excluding carboxylic acids is 1. The molecule has 3 nitrogen and oxygen atoms in total. The second-order valence-electron chi connectivity index (χ2n) is 3.17. The standard InChI is InChI=1S/C10H10BrNO2/c11-8-3-1-7(2-4-8)9-5-6-14-10(13)12-9/h1-4,9H,5-6H2,(H,12,13)/t9-/m1/s1. The van der Waals surface area contributed by atoms with Gasteiger partial charge in [-0.25, -0.2) is 4.79 Å². The number of carbonyl (C=O) groups is 1. The van der Waals surface area contributed by atoms with E-state index in [2.05, 4.69) is 21.2 Å². The second kappa shape index (κ2) is 4.00. The lowest BCUT2D eigenvalue weighted by molar-refractivity contribution is 0.115. The summed E-state index contributed by atoms with van der Waals surface area (Å²) in [6.07, 6.45) is 0.497. The van der Waals surface area contributed by atoms with Crippen LogP contribution in [0.25, 0.3) is 0 Å². The number of ether oxygens (including phenoxy) is 1. The van der Waals surface area contributed by atoms with Crippen molar-refractivity contribution in [1.82, 2.24) is 5.32 Å². The van der Waals surface area contributed by atoms with Crippen LogP contribution in [-0.4, -0.2) is 12.7 Å². The molecule has 14 heavy (non-hydrogen) atoms. The minimum Gasteiger partial charge on any atom is -0.449 e. The summed E-state index contributed by atoms with van der Waals surface area (Å²) in [4.78, 5) is 11.0. The Bertz CT molecular complexity index is 336. The molecule has 0 spiro atoms. The Labute approximate surface area is 90.6 Å². The highest BCUT2D eigenvalue weighted by Gasteiger charge is 2.20. The van der Waals surface area contributed by atoms with Crippen molar-refractivity contribution >= 4 is 22.0 Å². The molecule has 0 unspecified atom stereocenters. The van der Waals surface area contributed by atoms with Gasteiger partial charge in [-0.3, -0.25) is 0 Å². The summed E-state index contributed by atoms with van der Waals surface area (Å²) in [5.41, 5.74) is 1.12. The van der Waals surface area contributed by atoms with Crippen LogP contribution in [0.3, 0.4) is 0 Å². The van der Waals surface area contributed by atoms with Crippen LogP contribution in [0, 0.1) is 0 Å². The fourth-order valence-corrected chi connectivity index (χ4v) is 1.73. The van der Waals surface area contributed by atoms with Gasteiger partial charge in [-0.2, -0.15) is 0 Å². The number of rotatable bonds is 1. The smallest absolute Gasteiger partial charge is 0.407 e. The van der Waals surface area contributed by atoms with E-state index in [4.69, 9.17) is 4.74 Å². The van der Waals surface area contributed by atoms with E-state index in [1.165, 1.54) is 0 Å². The highest BCUT2D eigenvalue weighted by molar-refractivity contribution is 9.10. The third-order valence-electron chi connectivity index (χ3n) is 2.20. The molecule has 0 radical (unpaired) electrons. The number of alkyl carbamates (subject to hydrolysis) is 1. The van der Waals surface area contributed by atoms with Gasteiger partial charge in [0.1, 0.15) is 0 Å². The largest absolute Gasteiger partial charge is 0.449 e. The Morgan fingerprint density at radius 1 is 1.36 bits per heavy atom. The van der Waals surface area contributed by atoms with Crippen LogP contribution in [0.1, 0.15) is 18.0 Å². The Morgan fingerprint density at radius 3 is 2.71 bits per heavy atom. The monoisotopic (exact) mass is 255 g/mol. The predicted octanol–water partition coefficient (Wildman–Crippen LogP) is 2.62. The van der Waals surface area contributed by atoms with E-state index < -0.39 is 0 Å². The van der Waals surface area contributed by atoms with E-state index in [1.807, 2.05) is 24.3 Å². The molecule has 74 valence electrons. The maximum atomic E-state index is 11.0. The van der Waals surface area contributed by atoms with Crippen LogP contribution >= 0.6 is 15.9 Å². The average molecular weight is 256 g/mol. The van der Waals surface area contributed by atoms with Crippen molar-refractivity contribution in [3.63, 3.8) is 0 Å². The number of hydrogen-bond donors (Lipinski definition) is 1. The van der Waals surface area contributed by atoms with Crippen molar-refractivity contribution in [2.75, 3.05) is 6.61 Å². The van der Waals surface area contributed by atoms with Gasteiger partial charge in [-0.1, -0.05) is 28.1 Å². The molecule has 0 aliphatic carbocycles. The number of halogens is 1. The van der Waals surface area contributed by atoms with E-state index >= 15 is 0 Å². The summed E-state index contributed by atoms with van der Waals surface area (Å²) < 4.78 is 5.84. The van der Waals surface area contributed by atoms with E-state index in [9.17, 15) is 4.79 Å². The summed E-state index contributed by atoms with van der Waals surface area (Å²) in [5.74, 6) is 0. The molecule has 1 N–H and O–H groups in total. The van der Waals surface area contributed by atoms with Crippen molar-refractivity contribution in [3.8, 4) is 0 Å². The first-order valence-electron chi connectivity index (χ1n) is 4.44. The van der Waals surface area contributed by atoms with Gasteiger partial charge in [0, 0.05) is 10.9 Å². The minimum atomic E-state index is -0.329. The van der Waals surface area contributed by atoms with Crippen LogP contribution in [0.2, 0.25) is 0 Å². The van der Waals surface area contributed by atoms with E-state index in [0.717, 1.165) is 16.5 Å². The fourth-order valence-electron chi connectivity index (χ4n) is 1.47. The number of benzene rings is 1. The first-order valence-corrected chi connectivity index (χ1v) is 5.24. The third kappa shape index (κ3) is 2.07. The molecule has 2 rings (SSSR count). The van der Waals surface area contributed by atoms with Gasteiger partial charge in [0.25, 0.3) is 0 Å². The first-order chi connectivity index (χ1) is 6.75. The lowest BCUT2D eigenvalue weighted by atomic mass is 10.0. The molecule has 1 aromatic carbocycles. The van der Waals surface area contributed by atoms with Crippen LogP contribution in [0.5, 0.6) is 0 Å². The Balaban J connectivity index is 2.14. The molecule has 1 saturated heterocycles.